The van der Waals surface area contributed by atoms with Crippen molar-refractivity contribution in [3.05, 3.63) is 77.4 Å². The van der Waals surface area contributed by atoms with Crippen LogP contribution >= 0.6 is 0 Å². The third-order valence-electron chi connectivity index (χ3n) is 5.02. The van der Waals surface area contributed by atoms with E-state index in [1.165, 1.54) is 11.1 Å². The Bertz CT molecular complexity index is 1030. The molecule has 1 N–H and O–H groups in total. The molecule has 114 valence electrons. The Morgan fingerprint density at radius 1 is 0.917 bits per heavy atom. The quantitative estimate of drug-likeness (QED) is 0.676. The SMILES string of the molecule is N#Cc1ccc2c(c1)-c1cccc3c1N(Cc1ccccc1-3)C2O. The van der Waals surface area contributed by atoms with Crippen molar-refractivity contribution in [2.75, 3.05) is 4.90 Å². The largest absolute Gasteiger partial charge is 0.369 e. The highest BCUT2D eigenvalue weighted by atomic mass is 16.3. The number of rotatable bonds is 0. The Balaban J connectivity index is 1.86. The third-order valence-corrected chi connectivity index (χ3v) is 5.02. The average Bonchev–Trinajstić information content (AvgIpc) is 2.65. The molecule has 3 aromatic rings. The molecule has 24 heavy (non-hydrogen) atoms. The number of fused-ring (bicyclic) bond motifs is 4. The van der Waals surface area contributed by atoms with Gasteiger partial charge >= 0.3 is 0 Å². The molecule has 2 aliphatic rings. The first kappa shape index (κ1) is 13.4. The number of aliphatic hydroxyl groups is 1. The van der Waals surface area contributed by atoms with Gasteiger partial charge in [0.25, 0.3) is 0 Å². The van der Waals surface area contributed by atoms with E-state index in [0.29, 0.717) is 12.1 Å². The van der Waals surface area contributed by atoms with E-state index >= 15 is 0 Å². The molecule has 0 fully saturated rings. The molecule has 3 heteroatoms. The first-order valence-electron chi connectivity index (χ1n) is 7.98. The zero-order chi connectivity index (χ0) is 16.3. The lowest BCUT2D eigenvalue weighted by atomic mass is 9.83. The van der Waals surface area contributed by atoms with Crippen molar-refractivity contribution >= 4 is 5.69 Å². The van der Waals surface area contributed by atoms with E-state index in [2.05, 4.69) is 47.4 Å². The van der Waals surface area contributed by atoms with Crippen molar-refractivity contribution in [2.45, 2.75) is 12.8 Å². The number of aliphatic hydroxyl groups excluding tert-OH is 1. The van der Waals surface area contributed by atoms with Crippen molar-refractivity contribution in [1.29, 1.82) is 5.26 Å². The minimum absolute atomic E-state index is 0.614. The summed E-state index contributed by atoms with van der Waals surface area (Å²) in [6, 6.07) is 22.3. The summed E-state index contributed by atoms with van der Waals surface area (Å²) in [4.78, 5) is 2.06. The van der Waals surface area contributed by atoms with Crippen LogP contribution in [0, 0.1) is 11.3 Å². The van der Waals surface area contributed by atoms with E-state index in [1.807, 2.05) is 18.2 Å². The fraction of sp³-hybridized carbons (Fsp3) is 0.0952. The lowest BCUT2D eigenvalue weighted by Gasteiger charge is -2.41. The van der Waals surface area contributed by atoms with Crippen LogP contribution in [0.2, 0.25) is 0 Å². The van der Waals surface area contributed by atoms with E-state index in [-0.39, 0.29) is 0 Å². The third kappa shape index (κ3) is 1.63. The fourth-order valence-corrected chi connectivity index (χ4v) is 3.93. The molecule has 0 amide bonds. The van der Waals surface area contributed by atoms with Gasteiger partial charge in [0.05, 0.1) is 17.3 Å². The molecule has 0 aromatic heterocycles. The molecule has 1 unspecified atom stereocenters. The van der Waals surface area contributed by atoms with E-state index in [1.54, 1.807) is 6.07 Å². The molecule has 2 aliphatic heterocycles. The van der Waals surface area contributed by atoms with Gasteiger partial charge in [-0.1, -0.05) is 48.5 Å². The van der Waals surface area contributed by atoms with Crippen LogP contribution < -0.4 is 4.90 Å². The van der Waals surface area contributed by atoms with Crippen molar-refractivity contribution in [3.8, 4) is 28.3 Å². The predicted octanol–water partition coefficient (Wildman–Crippen LogP) is 4.22. The Morgan fingerprint density at radius 3 is 2.50 bits per heavy atom. The first-order valence-corrected chi connectivity index (χ1v) is 7.98. The monoisotopic (exact) mass is 310 g/mol. The second kappa shape index (κ2) is 4.70. The summed E-state index contributed by atoms with van der Waals surface area (Å²) in [5.74, 6) is 0. The zero-order valence-corrected chi connectivity index (χ0v) is 12.9. The van der Waals surface area contributed by atoms with Crippen LogP contribution in [0.5, 0.6) is 0 Å². The van der Waals surface area contributed by atoms with Gasteiger partial charge < -0.3 is 10.0 Å². The zero-order valence-electron chi connectivity index (χ0n) is 12.9. The summed E-state index contributed by atoms with van der Waals surface area (Å²) in [6.45, 7) is 0.681. The summed E-state index contributed by atoms with van der Waals surface area (Å²) < 4.78 is 0. The highest BCUT2D eigenvalue weighted by molar-refractivity contribution is 5.96. The molecule has 0 spiro atoms. The van der Waals surface area contributed by atoms with Gasteiger partial charge in [0.1, 0.15) is 0 Å². The minimum Gasteiger partial charge on any atom is -0.369 e. The Morgan fingerprint density at radius 2 is 1.67 bits per heavy atom. The van der Waals surface area contributed by atoms with Gasteiger partial charge in [-0.3, -0.25) is 0 Å². The number of nitrogens with zero attached hydrogens (tertiary/aromatic N) is 2. The van der Waals surface area contributed by atoms with E-state index in [9.17, 15) is 10.4 Å². The average molecular weight is 310 g/mol. The molecule has 1 atom stereocenters. The van der Waals surface area contributed by atoms with E-state index in [4.69, 9.17) is 0 Å². The van der Waals surface area contributed by atoms with Crippen molar-refractivity contribution < 1.29 is 5.11 Å². The molecular weight excluding hydrogens is 296 g/mol. The number of nitriles is 1. The Labute approximate surface area is 140 Å². The number of hydrogen-bond donors (Lipinski definition) is 1. The van der Waals surface area contributed by atoms with Crippen LogP contribution in [-0.4, -0.2) is 5.11 Å². The van der Waals surface area contributed by atoms with Gasteiger partial charge in [-0.05, 0) is 28.8 Å². The van der Waals surface area contributed by atoms with Crippen LogP contribution in [0.3, 0.4) is 0 Å². The second-order valence-corrected chi connectivity index (χ2v) is 6.27. The number of hydrogen-bond acceptors (Lipinski definition) is 3. The molecule has 0 radical (unpaired) electrons. The normalized spacial score (nSPS) is 16.7. The van der Waals surface area contributed by atoms with Gasteiger partial charge in [-0.25, -0.2) is 0 Å². The van der Waals surface area contributed by atoms with Crippen LogP contribution in [0.25, 0.3) is 22.3 Å². The molecule has 2 heterocycles. The van der Waals surface area contributed by atoms with Crippen molar-refractivity contribution in [3.63, 3.8) is 0 Å². The minimum atomic E-state index is -0.699. The summed E-state index contributed by atoms with van der Waals surface area (Å²) in [6.07, 6.45) is -0.699. The van der Waals surface area contributed by atoms with Crippen molar-refractivity contribution in [2.24, 2.45) is 0 Å². The van der Waals surface area contributed by atoms with E-state index < -0.39 is 6.23 Å². The highest BCUT2D eigenvalue weighted by Gasteiger charge is 2.35. The lowest BCUT2D eigenvalue weighted by Crippen LogP contribution is -2.34. The topological polar surface area (TPSA) is 47.3 Å². The van der Waals surface area contributed by atoms with Crippen molar-refractivity contribution in [1.82, 2.24) is 0 Å². The van der Waals surface area contributed by atoms with Gasteiger partial charge in [0, 0.05) is 23.2 Å². The van der Waals surface area contributed by atoms with Gasteiger partial charge in [-0.15, -0.1) is 0 Å². The van der Waals surface area contributed by atoms with Gasteiger partial charge in [0.15, 0.2) is 6.23 Å². The number of anilines is 1. The first-order chi connectivity index (χ1) is 11.8. The summed E-state index contributed by atoms with van der Waals surface area (Å²) >= 11 is 0. The molecule has 5 rings (SSSR count). The number of benzene rings is 3. The molecular formula is C21H14N2O. The lowest BCUT2D eigenvalue weighted by molar-refractivity contribution is 0.168. The second-order valence-electron chi connectivity index (χ2n) is 6.27. The maximum absolute atomic E-state index is 11.0. The molecule has 0 bridgehead atoms. The van der Waals surface area contributed by atoms with E-state index in [0.717, 1.165) is 27.9 Å². The highest BCUT2D eigenvalue weighted by Crippen LogP contribution is 2.52. The van der Waals surface area contributed by atoms with Crippen LogP contribution in [0.4, 0.5) is 5.69 Å². The van der Waals surface area contributed by atoms with Crippen LogP contribution in [0.15, 0.2) is 60.7 Å². The maximum atomic E-state index is 11.0. The van der Waals surface area contributed by atoms with Crippen LogP contribution in [-0.2, 0) is 6.54 Å². The maximum Gasteiger partial charge on any atom is 0.154 e. The summed E-state index contributed by atoms with van der Waals surface area (Å²) in [7, 11) is 0. The summed E-state index contributed by atoms with van der Waals surface area (Å²) in [5, 5.41) is 20.2. The number of para-hydroxylation sites is 1. The molecule has 3 nitrogen and oxygen atoms in total. The van der Waals surface area contributed by atoms with Crippen LogP contribution in [0.1, 0.15) is 22.9 Å². The molecule has 3 aromatic carbocycles. The van der Waals surface area contributed by atoms with Gasteiger partial charge in [0.2, 0.25) is 0 Å². The Hall–Kier alpha value is -3.09. The molecule has 0 aliphatic carbocycles. The fourth-order valence-electron chi connectivity index (χ4n) is 3.93. The molecule has 0 saturated carbocycles. The predicted molar refractivity (Wildman–Crippen MR) is 93.2 cm³/mol. The summed E-state index contributed by atoms with van der Waals surface area (Å²) in [5.41, 5.74) is 8.15. The van der Waals surface area contributed by atoms with Gasteiger partial charge in [-0.2, -0.15) is 5.26 Å². The molecule has 0 saturated heterocycles. The smallest absolute Gasteiger partial charge is 0.154 e. The standard InChI is InChI=1S/C21H14N2O/c22-11-13-8-9-18-19(10-13)17-7-3-6-16-15-5-2-1-4-14(15)12-23(20(16)17)21(18)24/h1-10,21,24H,12H2. The Kier molecular flexibility index (Phi) is 2.62.